The number of aliphatic carboxylic acids is 1. The Morgan fingerprint density at radius 3 is 2.18 bits per heavy atom. The number of fused-ring (bicyclic) bond motifs is 4. The minimum absolute atomic E-state index is 0.0408. The highest BCUT2D eigenvalue weighted by atomic mass is 16.6. The molecule has 2 N–H and O–H groups in total. The first-order valence-electron chi connectivity index (χ1n) is 18.5. The van der Waals surface area contributed by atoms with Gasteiger partial charge in [-0.2, -0.15) is 0 Å². The molecule has 7 rings (SSSR count). The van der Waals surface area contributed by atoms with Crippen LogP contribution in [-0.2, 0) is 26.3 Å². The molecule has 1 fully saturated rings. The van der Waals surface area contributed by atoms with Gasteiger partial charge in [-0.25, -0.2) is 0 Å². The quantitative estimate of drug-likeness (QED) is 0.0659. The van der Waals surface area contributed by atoms with Crippen molar-refractivity contribution >= 4 is 57.2 Å². The number of nitrogens with one attached hydrogen (secondary N) is 1. The number of aromatic nitrogens is 1. The van der Waals surface area contributed by atoms with Gasteiger partial charge in [0, 0.05) is 68.8 Å². The van der Waals surface area contributed by atoms with E-state index in [2.05, 4.69) is 31.0 Å². The number of Topliss-reactive ketones (excluding diaryl/α,β-unsaturated/α-hetero) is 2. The highest BCUT2D eigenvalue weighted by Gasteiger charge is 2.50. The molecule has 0 saturated heterocycles. The lowest BCUT2D eigenvalue weighted by atomic mass is 9.66. The van der Waals surface area contributed by atoms with Gasteiger partial charge < -0.3 is 15.0 Å². The Morgan fingerprint density at radius 1 is 0.873 bits per heavy atom. The number of ketones is 2. The van der Waals surface area contributed by atoms with Crippen molar-refractivity contribution in [2.24, 2.45) is 17.3 Å². The molecule has 0 atom stereocenters. The first-order chi connectivity index (χ1) is 26.1. The van der Waals surface area contributed by atoms with Crippen LogP contribution in [0.1, 0.15) is 70.9 Å². The Morgan fingerprint density at radius 2 is 1.51 bits per heavy atom. The van der Waals surface area contributed by atoms with Crippen molar-refractivity contribution in [3.05, 3.63) is 132 Å². The molecular weight excluding hydrogens is 700 g/mol. The monoisotopic (exact) mass is 742 g/mol. The number of rotatable bonds is 12. The predicted octanol–water partition coefficient (Wildman–Crippen LogP) is 7.18. The summed E-state index contributed by atoms with van der Waals surface area (Å²) in [4.78, 5) is 66.9. The van der Waals surface area contributed by atoms with Crippen LogP contribution in [0.2, 0.25) is 0 Å². The number of unbranched alkanes of at least 4 members (excludes halogenated alkanes) is 2. The number of carbonyl (C=O) groups is 3. The number of nitrogens with zero attached hydrogens (tertiary/aromatic N) is 3. The molecule has 1 aromatic heterocycles. The fraction of sp³-hybridized carbons (Fsp3) is 0.326. The first kappa shape index (κ1) is 37.2. The summed E-state index contributed by atoms with van der Waals surface area (Å²) in [5.41, 5.74) is 3.64. The van der Waals surface area contributed by atoms with Gasteiger partial charge in [0.2, 0.25) is 0 Å². The van der Waals surface area contributed by atoms with E-state index < -0.39 is 49.9 Å². The molecule has 12 heteroatoms. The smallest absolute Gasteiger partial charge is 0.303 e. The highest BCUT2D eigenvalue weighted by molar-refractivity contribution is 6.26. The van der Waals surface area contributed by atoms with Gasteiger partial charge in [0.25, 0.3) is 11.4 Å². The Hall–Kier alpha value is -6.17. The number of carbonyl (C=O) groups excluding carboxylic acids is 2. The number of anilines is 1. The van der Waals surface area contributed by atoms with E-state index in [1.54, 1.807) is 6.08 Å². The van der Waals surface area contributed by atoms with Crippen LogP contribution < -0.4 is 15.5 Å². The normalized spacial score (nSPS) is 21.0. The summed E-state index contributed by atoms with van der Waals surface area (Å²) in [5, 5.41) is 35.6. The number of aromatic amines is 1. The van der Waals surface area contributed by atoms with E-state index in [0.29, 0.717) is 24.1 Å². The molecule has 2 aliphatic carbocycles. The molecule has 4 aromatic rings. The first-order valence-corrected chi connectivity index (χ1v) is 18.5. The molecule has 3 aliphatic rings. The molecule has 1 aliphatic heterocycles. The number of carboxylic acid groups (broad SMARTS) is 1. The van der Waals surface area contributed by atoms with Crippen molar-refractivity contribution in [2.45, 2.75) is 71.8 Å². The number of H-pyrrole nitrogens is 1. The number of nitro groups is 2. The van der Waals surface area contributed by atoms with Crippen molar-refractivity contribution in [2.75, 3.05) is 4.90 Å². The SMILES string of the molecule is CC1(C)C=c2[nH]c3ccccc3c2=C(CCCCCC(=O)O)C1=CC1C(=O)C(C=C2N(Cc3cc([N+](=O)[O-])cc([N+](=O)[O-])c3)c3ccccc3C2(C)C)C1=O. The van der Waals surface area contributed by atoms with Crippen molar-refractivity contribution in [3.8, 4) is 0 Å². The molecule has 2 heterocycles. The number of carboxylic acids is 1. The molecule has 12 nitrogen and oxygen atoms in total. The average Bonchev–Trinajstić information content (AvgIpc) is 3.59. The largest absolute Gasteiger partial charge is 0.481 e. The summed E-state index contributed by atoms with van der Waals surface area (Å²) in [6.45, 7) is 8.15. The second-order valence-corrected chi connectivity index (χ2v) is 15.8. The third-order valence-electron chi connectivity index (χ3n) is 11.3. The van der Waals surface area contributed by atoms with Gasteiger partial charge in [0.05, 0.1) is 27.7 Å². The molecule has 0 bridgehead atoms. The lowest BCUT2D eigenvalue weighted by Crippen LogP contribution is -2.48. The van der Waals surface area contributed by atoms with Gasteiger partial charge in [0.15, 0.2) is 11.6 Å². The molecule has 55 heavy (non-hydrogen) atoms. The minimum atomic E-state index is -1.02. The van der Waals surface area contributed by atoms with E-state index in [9.17, 15) is 34.6 Å². The van der Waals surface area contributed by atoms with Crippen LogP contribution in [0.5, 0.6) is 0 Å². The van der Waals surface area contributed by atoms with E-state index in [4.69, 9.17) is 5.11 Å². The zero-order valence-electron chi connectivity index (χ0n) is 31.1. The van der Waals surface area contributed by atoms with E-state index in [0.717, 1.165) is 62.8 Å². The van der Waals surface area contributed by atoms with Crippen LogP contribution in [0.3, 0.4) is 0 Å². The van der Waals surface area contributed by atoms with Crippen LogP contribution in [0.25, 0.3) is 22.6 Å². The maximum atomic E-state index is 14.2. The zero-order valence-corrected chi connectivity index (χ0v) is 31.1. The summed E-state index contributed by atoms with van der Waals surface area (Å²) in [6.07, 6.45) is 8.46. The Bertz CT molecular complexity index is 2460. The number of allylic oxidation sites excluding steroid dienone is 4. The predicted molar refractivity (Wildman–Crippen MR) is 208 cm³/mol. The number of hydrogen-bond donors (Lipinski definition) is 2. The summed E-state index contributed by atoms with van der Waals surface area (Å²) < 4.78 is 0. The van der Waals surface area contributed by atoms with Crippen LogP contribution in [0, 0.1) is 37.5 Å². The number of benzene rings is 3. The summed E-state index contributed by atoms with van der Waals surface area (Å²) >= 11 is 0. The number of non-ortho nitro benzene ring substituents is 2. The van der Waals surface area contributed by atoms with Crippen LogP contribution in [-0.4, -0.2) is 37.5 Å². The van der Waals surface area contributed by atoms with Gasteiger partial charge in [-0.05, 0) is 59.7 Å². The van der Waals surface area contributed by atoms with Gasteiger partial charge >= 0.3 is 5.97 Å². The van der Waals surface area contributed by atoms with Crippen molar-refractivity contribution < 1.29 is 29.3 Å². The molecular formula is C43H42N4O8. The van der Waals surface area contributed by atoms with Crippen LogP contribution in [0.4, 0.5) is 17.1 Å². The molecule has 1 saturated carbocycles. The molecule has 0 radical (unpaired) electrons. The van der Waals surface area contributed by atoms with Gasteiger partial charge in [-0.15, -0.1) is 0 Å². The van der Waals surface area contributed by atoms with Crippen LogP contribution >= 0.6 is 0 Å². The fourth-order valence-electron chi connectivity index (χ4n) is 8.56. The molecule has 3 aromatic carbocycles. The number of nitro benzene ring substituents is 2. The number of hydrogen-bond acceptors (Lipinski definition) is 8. The van der Waals surface area contributed by atoms with Crippen molar-refractivity contribution in [1.82, 2.24) is 4.98 Å². The van der Waals surface area contributed by atoms with Gasteiger partial charge in [-0.3, -0.25) is 34.6 Å². The van der Waals surface area contributed by atoms with Gasteiger partial charge in [-0.1, -0.05) is 82.7 Å². The van der Waals surface area contributed by atoms with Crippen molar-refractivity contribution in [3.63, 3.8) is 0 Å². The standard InChI is InChI=1S/C43H42N4O8/c1-42(2)23-35-39(29-13-8-10-15-34(29)44-35)28(12-6-5-7-17-38(48)49)33(42)21-30-40(50)31(41(30)51)22-37-43(3,4)32-14-9-11-16-36(32)45(37)24-25-18-26(46(52)53)20-27(19-25)47(54)55/h8-11,13-16,18-23,30-31,44H,5-7,12,17,24H2,1-4H3,(H,48,49). The second kappa shape index (κ2) is 13.9. The minimum Gasteiger partial charge on any atom is -0.481 e. The molecule has 0 amide bonds. The summed E-state index contributed by atoms with van der Waals surface area (Å²) in [6, 6.07) is 19.2. The maximum absolute atomic E-state index is 14.2. The molecule has 0 unspecified atom stereocenters. The molecule has 0 spiro atoms. The average molecular weight is 743 g/mol. The summed E-state index contributed by atoms with van der Waals surface area (Å²) in [7, 11) is 0. The Balaban J connectivity index is 1.25. The lowest BCUT2D eigenvalue weighted by Gasteiger charge is -2.35. The number of para-hydroxylation sites is 2. The topological polar surface area (TPSA) is 177 Å². The Kier molecular flexibility index (Phi) is 9.40. The maximum Gasteiger partial charge on any atom is 0.303 e. The highest BCUT2D eigenvalue weighted by Crippen LogP contribution is 2.50. The van der Waals surface area contributed by atoms with Crippen molar-refractivity contribution in [1.29, 1.82) is 0 Å². The van der Waals surface area contributed by atoms with Gasteiger partial charge in [0.1, 0.15) is 0 Å². The zero-order chi connectivity index (χ0) is 39.4. The van der Waals surface area contributed by atoms with E-state index in [1.165, 1.54) is 12.1 Å². The van der Waals surface area contributed by atoms with E-state index >= 15 is 0 Å². The van der Waals surface area contributed by atoms with Crippen LogP contribution in [0.15, 0.2) is 90.2 Å². The van der Waals surface area contributed by atoms with E-state index in [-0.39, 0.29) is 24.5 Å². The fourth-order valence-corrected chi connectivity index (χ4v) is 8.56. The second-order valence-electron chi connectivity index (χ2n) is 15.8. The van der Waals surface area contributed by atoms with E-state index in [1.807, 2.05) is 67.3 Å². The lowest BCUT2D eigenvalue weighted by molar-refractivity contribution is -0.394. The third-order valence-corrected chi connectivity index (χ3v) is 11.3. The Labute approximate surface area is 316 Å². The summed E-state index contributed by atoms with van der Waals surface area (Å²) in [5.74, 6) is -3.27. The third kappa shape index (κ3) is 6.66. The molecule has 282 valence electrons.